The minimum absolute atomic E-state index is 0.219. The minimum atomic E-state index is -0.700. The van der Waals surface area contributed by atoms with Gasteiger partial charge in [-0.15, -0.1) is 11.3 Å². The van der Waals surface area contributed by atoms with Crippen molar-refractivity contribution in [1.82, 2.24) is 14.7 Å². The predicted molar refractivity (Wildman–Crippen MR) is 84.7 cm³/mol. The fourth-order valence-electron chi connectivity index (χ4n) is 3.66. The number of imide groups is 2. The van der Waals surface area contributed by atoms with Crippen molar-refractivity contribution in [2.24, 2.45) is 5.92 Å². The first-order valence-corrected chi connectivity index (χ1v) is 8.97. The van der Waals surface area contributed by atoms with E-state index in [1.54, 1.807) is 18.3 Å². The van der Waals surface area contributed by atoms with E-state index in [1.807, 2.05) is 0 Å². The number of rotatable bonds is 4. The predicted octanol–water partition coefficient (Wildman–Crippen LogP) is 1.83. The smallest absolute Gasteiger partial charge is 0.278 e. The van der Waals surface area contributed by atoms with Crippen molar-refractivity contribution in [3.05, 3.63) is 21.9 Å². The van der Waals surface area contributed by atoms with Crippen LogP contribution < -0.4 is 0 Å². The Bertz CT molecular complexity index is 682. The molecule has 3 heterocycles. The van der Waals surface area contributed by atoms with Crippen LogP contribution in [0.2, 0.25) is 0 Å². The van der Waals surface area contributed by atoms with Crippen molar-refractivity contribution in [3.8, 4) is 0 Å². The molecule has 4 rings (SSSR count). The largest absolute Gasteiger partial charge is 0.335 e. The fourth-order valence-corrected chi connectivity index (χ4v) is 4.57. The molecule has 2 fully saturated rings. The lowest BCUT2D eigenvalue weighted by atomic mass is 9.96. The summed E-state index contributed by atoms with van der Waals surface area (Å²) in [7, 11) is 0. The third kappa shape index (κ3) is 2.30. The van der Waals surface area contributed by atoms with Gasteiger partial charge in [0.05, 0.1) is 6.67 Å². The second kappa shape index (κ2) is 5.42. The van der Waals surface area contributed by atoms with Gasteiger partial charge in [0.15, 0.2) is 0 Å². The molecule has 0 spiro atoms. The molecule has 3 aliphatic rings. The maximum atomic E-state index is 12.3. The van der Waals surface area contributed by atoms with Crippen LogP contribution in [-0.2, 0) is 16.0 Å². The highest BCUT2D eigenvalue weighted by Crippen LogP contribution is 2.48. The average Bonchev–Trinajstić information content (AvgIpc) is 3.23. The van der Waals surface area contributed by atoms with Crippen LogP contribution in [0.1, 0.15) is 36.2 Å². The summed E-state index contributed by atoms with van der Waals surface area (Å²) < 4.78 is 0. The summed E-state index contributed by atoms with van der Waals surface area (Å²) >= 11 is 1.79. The Morgan fingerprint density at radius 1 is 1.17 bits per heavy atom. The summed E-state index contributed by atoms with van der Waals surface area (Å²) in [4.78, 5) is 42.1. The lowest BCUT2D eigenvalue weighted by Gasteiger charge is -2.37. The molecule has 2 aliphatic heterocycles. The molecule has 1 atom stereocenters. The van der Waals surface area contributed by atoms with E-state index in [0.717, 1.165) is 22.8 Å². The van der Waals surface area contributed by atoms with Gasteiger partial charge in [-0.25, -0.2) is 9.69 Å². The Kier molecular flexibility index (Phi) is 3.50. The maximum absolute atomic E-state index is 12.3. The molecule has 1 aliphatic carbocycles. The number of hydrogen-bond acceptors (Lipinski definition) is 5. The van der Waals surface area contributed by atoms with Crippen molar-refractivity contribution in [2.75, 3.05) is 19.8 Å². The average molecular weight is 333 g/mol. The number of nitrogens with zero attached hydrogens (tertiary/aromatic N) is 3. The highest BCUT2D eigenvalue weighted by molar-refractivity contribution is 7.10. The molecule has 1 aromatic rings. The highest BCUT2D eigenvalue weighted by atomic mass is 32.1. The second-order valence-corrected chi connectivity index (χ2v) is 7.35. The van der Waals surface area contributed by atoms with Crippen LogP contribution in [0.15, 0.2) is 11.4 Å². The SMILES string of the molecule is CCN1C(=O)C(=O)N(CN2CCc3sccc3[C@H]2C2CC2)C1=O. The van der Waals surface area contributed by atoms with Crippen LogP contribution >= 0.6 is 11.3 Å². The van der Waals surface area contributed by atoms with Gasteiger partial charge in [0, 0.05) is 24.0 Å². The number of amides is 4. The zero-order valence-electron chi connectivity index (χ0n) is 13.0. The Balaban J connectivity index is 1.58. The molecule has 1 aromatic heterocycles. The lowest BCUT2D eigenvalue weighted by molar-refractivity contribution is -0.144. The summed E-state index contributed by atoms with van der Waals surface area (Å²) in [6, 6.07) is 1.97. The van der Waals surface area contributed by atoms with E-state index < -0.39 is 17.8 Å². The molecule has 0 N–H and O–H groups in total. The number of likely N-dealkylation sites (N-methyl/N-ethyl adjacent to an activating group) is 1. The normalized spacial score (nSPS) is 25.4. The molecule has 0 bridgehead atoms. The van der Waals surface area contributed by atoms with E-state index in [2.05, 4.69) is 16.3 Å². The van der Waals surface area contributed by atoms with Crippen molar-refractivity contribution < 1.29 is 14.4 Å². The quantitative estimate of drug-likeness (QED) is 0.623. The van der Waals surface area contributed by atoms with Gasteiger partial charge in [-0.05, 0) is 49.1 Å². The van der Waals surface area contributed by atoms with E-state index in [0.29, 0.717) is 5.92 Å². The Morgan fingerprint density at radius 3 is 2.57 bits per heavy atom. The van der Waals surface area contributed by atoms with Gasteiger partial charge in [0.1, 0.15) is 0 Å². The summed E-state index contributed by atoms with van der Waals surface area (Å²) in [6.45, 7) is 2.99. The number of thiophene rings is 1. The molecule has 0 radical (unpaired) electrons. The molecule has 122 valence electrons. The molecule has 4 amide bonds. The zero-order valence-corrected chi connectivity index (χ0v) is 13.8. The van der Waals surface area contributed by atoms with Gasteiger partial charge < -0.3 is 0 Å². The molecule has 1 saturated carbocycles. The highest BCUT2D eigenvalue weighted by Gasteiger charge is 2.47. The number of carbonyl (C=O) groups is 3. The zero-order chi connectivity index (χ0) is 16.1. The van der Waals surface area contributed by atoms with Crippen LogP contribution in [0.25, 0.3) is 0 Å². The van der Waals surface area contributed by atoms with Crippen molar-refractivity contribution in [3.63, 3.8) is 0 Å². The summed E-state index contributed by atoms with van der Waals surface area (Å²) in [5.74, 6) is -0.786. The maximum Gasteiger partial charge on any atom is 0.335 e. The summed E-state index contributed by atoms with van der Waals surface area (Å²) in [5, 5.41) is 2.12. The third-order valence-electron chi connectivity index (χ3n) is 4.96. The van der Waals surface area contributed by atoms with E-state index in [-0.39, 0.29) is 19.3 Å². The number of fused-ring (bicyclic) bond motifs is 1. The monoisotopic (exact) mass is 333 g/mol. The molecular formula is C16H19N3O3S. The minimum Gasteiger partial charge on any atom is -0.278 e. The van der Waals surface area contributed by atoms with Gasteiger partial charge >= 0.3 is 17.8 Å². The van der Waals surface area contributed by atoms with E-state index >= 15 is 0 Å². The first kappa shape index (κ1) is 14.8. The molecule has 23 heavy (non-hydrogen) atoms. The Morgan fingerprint density at radius 2 is 1.91 bits per heavy atom. The van der Waals surface area contributed by atoms with Gasteiger partial charge in [0.25, 0.3) is 0 Å². The topological polar surface area (TPSA) is 60.9 Å². The molecule has 6 nitrogen and oxygen atoms in total. The Labute approximate surface area is 138 Å². The van der Waals surface area contributed by atoms with Gasteiger partial charge in [-0.3, -0.25) is 19.4 Å². The molecule has 0 unspecified atom stereocenters. The first-order chi connectivity index (χ1) is 11.1. The first-order valence-electron chi connectivity index (χ1n) is 8.09. The summed E-state index contributed by atoms with van der Waals surface area (Å²) in [6.07, 6.45) is 3.33. The van der Waals surface area contributed by atoms with E-state index in [4.69, 9.17) is 0 Å². The van der Waals surface area contributed by atoms with Crippen LogP contribution in [0, 0.1) is 5.92 Å². The van der Waals surface area contributed by atoms with Gasteiger partial charge in [-0.1, -0.05) is 0 Å². The fraction of sp³-hybridized carbons (Fsp3) is 0.562. The molecule has 1 saturated heterocycles. The van der Waals surface area contributed by atoms with Crippen LogP contribution in [-0.4, -0.2) is 52.3 Å². The number of urea groups is 1. The molecule has 0 aromatic carbocycles. The summed E-state index contributed by atoms with van der Waals surface area (Å²) in [5.41, 5.74) is 1.35. The van der Waals surface area contributed by atoms with E-state index in [9.17, 15) is 14.4 Å². The second-order valence-electron chi connectivity index (χ2n) is 6.35. The van der Waals surface area contributed by atoms with Crippen LogP contribution in [0.5, 0.6) is 0 Å². The third-order valence-corrected chi connectivity index (χ3v) is 5.96. The molecular weight excluding hydrogens is 314 g/mol. The number of carbonyl (C=O) groups excluding carboxylic acids is 3. The lowest BCUT2D eigenvalue weighted by Crippen LogP contribution is -2.46. The van der Waals surface area contributed by atoms with Crippen LogP contribution in [0.3, 0.4) is 0 Å². The van der Waals surface area contributed by atoms with Crippen molar-refractivity contribution in [1.29, 1.82) is 0 Å². The van der Waals surface area contributed by atoms with Crippen LogP contribution in [0.4, 0.5) is 4.79 Å². The van der Waals surface area contributed by atoms with Crippen molar-refractivity contribution >= 4 is 29.2 Å². The van der Waals surface area contributed by atoms with Gasteiger partial charge in [-0.2, -0.15) is 0 Å². The van der Waals surface area contributed by atoms with E-state index in [1.165, 1.54) is 23.3 Å². The standard InChI is InChI=1S/C16H19N3O3S/c1-2-18-14(20)15(21)19(16(18)22)9-17-7-5-12-11(6-8-23-12)13(17)10-3-4-10/h6,8,10,13H,2-5,7,9H2,1H3/t13-/m1/s1. The molecule has 7 heteroatoms. The number of hydrogen-bond donors (Lipinski definition) is 0. The Hall–Kier alpha value is -1.73. The van der Waals surface area contributed by atoms with Gasteiger partial charge in [0.2, 0.25) is 0 Å². The van der Waals surface area contributed by atoms with Crippen molar-refractivity contribution in [2.45, 2.75) is 32.2 Å².